The van der Waals surface area contributed by atoms with Gasteiger partial charge in [-0.3, -0.25) is 0 Å². The van der Waals surface area contributed by atoms with Gasteiger partial charge in [0, 0.05) is 0 Å². The van der Waals surface area contributed by atoms with Crippen molar-refractivity contribution in [3.8, 4) is 0 Å². The second kappa shape index (κ2) is 1.89. The Labute approximate surface area is 56.3 Å². The van der Waals surface area contributed by atoms with Crippen molar-refractivity contribution in [2.45, 2.75) is 25.1 Å². The molecule has 0 N–H and O–H groups in total. The van der Waals surface area contributed by atoms with E-state index in [9.17, 15) is 0 Å². The Kier molecular flexibility index (Phi) is 1.50. The molecule has 0 heterocycles. The maximum absolute atomic E-state index is 6.12. The number of hydrogen-bond acceptors (Lipinski definition) is 0. The SMILES string of the molecule is C[Si](C)(Cl)C1C=CC1. The summed E-state index contributed by atoms with van der Waals surface area (Å²) in [6.45, 7) is 4.39. The summed E-state index contributed by atoms with van der Waals surface area (Å²) in [5, 5.41) is 0. The fourth-order valence-electron chi connectivity index (χ4n) is 0.781. The van der Waals surface area contributed by atoms with Crippen LogP contribution in [-0.2, 0) is 0 Å². The third kappa shape index (κ3) is 1.15. The standard InChI is InChI=1S/C6H11ClSi/c1-8(2,7)6-4-3-5-6/h3-4,6H,5H2,1-2H3. The van der Waals surface area contributed by atoms with Crippen LogP contribution < -0.4 is 0 Å². The minimum atomic E-state index is -1.29. The number of allylic oxidation sites excluding steroid dienone is 2. The predicted octanol–water partition coefficient (Wildman–Crippen LogP) is 2.76. The molecule has 0 bridgehead atoms. The number of halogens is 1. The molecule has 0 aromatic rings. The van der Waals surface area contributed by atoms with E-state index >= 15 is 0 Å². The monoisotopic (exact) mass is 146 g/mol. The van der Waals surface area contributed by atoms with Crippen LogP contribution in [0.15, 0.2) is 12.2 Å². The zero-order valence-electron chi connectivity index (χ0n) is 5.32. The van der Waals surface area contributed by atoms with Crippen LogP contribution in [0.3, 0.4) is 0 Å². The van der Waals surface area contributed by atoms with Gasteiger partial charge in [0.2, 0.25) is 0 Å². The molecule has 0 spiro atoms. The second-order valence-corrected chi connectivity index (χ2v) is 9.63. The Morgan fingerprint density at radius 3 is 2.12 bits per heavy atom. The molecule has 0 aromatic heterocycles. The van der Waals surface area contributed by atoms with E-state index in [4.69, 9.17) is 11.1 Å². The molecule has 1 rings (SSSR count). The molecule has 0 aromatic carbocycles. The topological polar surface area (TPSA) is 0 Å². The Bertz CT molecular complexity index is 112. The lowest BCUT2D eigenvalue weighted by Gasteiger charge is -2.27. The summed E-state index contributed by atoms with van der Waals surface area (Å²) >= 11 is 6.12. The molecule has 0 radical (unpaired) electrons. The van der Waals surface area contributed by atoms with Crippen LogP contribution in [0.1, 0.15) is 6.42 Å². The van der Waals surface area contributed by atoms with Gasteiger partial charge in [-0.25, -0.2) is 0 Å². The van der Waals surface area contributed by atoms with Crippen LogP contribution in [0.2, 0.25) is 18.6 Å². The fourth-order valence-corrected chi connectivity index (χ4v) is 2.56. The van der Waals surface area contributed by atoms with Gasteiger partial charge in [-0.2, -0.15) is 11.1 Å². The predicted molar refractivity (Wildman–Crippen MR) is 40.8 cm³/mol. The minimum absolute atomic E-state index is 0.754. The third-order valence-electron chi connectivity index (χ3n) is 1.64. The summed E-state index contributed by atoms with van der Waals surface area (Å²) in [5.41, 5.74) is 0.754. The van der Waals surface area contributed by atoms with E-state index in [1.165, 1.54) is 6.42 Å². The van der Waals surface area contributed by atoms with Crippen LogP contribution in [-0.4, -0.2) is 7.38 Å². The van der Waals surface area contributed by atoms with Crippen LogP contribution in [0.4, 0.5) is 0 Å². The van der Waals surface area contributed by atoms with E-state index in [-0.39, 0.29) is 0 Å². The van der Waals surface area contributed by atoms with Crippen LogP contribution in [0.25, 0.3) is 0 Å². The Morgan fingerprint density at radius 2 is 2.12 bits per heavy atom. The molecule has 0 nitrogen and oxygen atoms in total. The quantitative estimate of drug-likeness (QED) is 0.303. The van der Waals surface area contributed by atoms with Crippen molar-refractivity contribution >= 4 is 18.5 Å². The Balaban J connectivity index is 2.48. The summed E-state index contributed by atoms with van der Waals surface area (Å²) < 4.78 is 0. The highest BCUT2D eigenvalue weighted by molar-refractivity contribution is 7.20. The number of rotatable bonds is 1. The molecule has 0 fully saturated rings. The van der Waals surface area contributed by atoms with Gasteiger partial charge in [0.15, 0.2) is 7.38 Å². The van der Waals surface area contributed by atoms with E-state index in [1.54, 1.807) is 0 Å². The Hall–Kier alpha value is 0.247. The van der Waals surface area contributed by atoms with Crippen molar-refractivity contribution in [1.82, 2.24) is 0 Å². The van der Waals surface area contributed by atoms with E-state index < -0.39 is 7.38 Å². The van der Waals surface area contributed by atoms with Crippen molar-refractivity contribution < 1.29 is 0 Å². The van der Waals surface area contributed by atoms with Crippen molar-refractivity contribution in [2.75, 3.05) is 0 Å². The van der Waals surface area contributed by atoms with Crippen molar-refractivity contribution in [3.63, 3.8) is 0 Å². The molecule has 0 saturated carbocycles. The van der Waals surface area contributed by atoms with Crippen molar-refractivity contribution in [1.29, 1.82) is 0 Å². The summed E-state index contributed by atoms with van der Waals surface area (Å²) in [5.74, 6) is 0. The Morgan fingerprint density at radius 1 is 1.62 bits per heavy atom. The smallest absolute Gasteiger partial charge is 0.157 e. The van der Waals surface area contributed by atoms with Crippen LogP contribution >= 0.6 is 11.1 Å². The molecule has 46 valence electrons. The summed E-state index contributed by atoms with van der Waals surface area (Å²) in [6, 6.07) is 0. The lowest BCUT2D eigenvalue weighted by molar-refractivity contribution is 0.924. The molecule has 0 amide bonds. The minimum Gasteiger partial charge on any atom is -0.167 e. The van der Waals surface area contributed by atoms with E-state index in [0.29, 0.717) is 0 Å². The molecule has 2 heteroatoms. The van der Waals surface area contributed by atoms with Gasteiger partial charge in [-0.15, -0.1) is 0 Å². The van der Waals surface area contributed by atoms with Crippen LogP contribution in [0, 0.1) is 0 Å². The molecule has 0 aliphatic heterocycles. The van der Waals surface area contributed by atoms with E-state index in [1.807, 2.05) is 0 Å². The summed E-state index contributed by atoms with van der Waals surface area (Å²) in [4.78, 5) is 0. The van der Waals surface area contributed by atoms with Gasteiger partial charge in [-0.1, -0.05) is 25.2 Å². The van der Waals surface area contributed by atoms with Gasteiger partial charge in [-0.05, 0) is 12.0 Å². The zero-order chi connectivity index (χ0) is 6.20. The lowest BCUT2D eigenvalue weighted by atomic mass is 10.1. The zero-order valence-corrected chi connectivity index (χ0v) is 7.07. The first-order chi connectivity index (χ1) is 3.61. The van der Waals surface area contributed by atoms with Gasteiger partial charge in [0.25, 0.3) is 0 Å². The average molecular weight is 147 g/mol. The first-order valence-corrected chi connectivity index (χ1v) is 7.05. The molecular formula is C6H11ClSi. The molecular weight excluding hydrogens is 136 g/mol. The molecule has 1 aliphatic rings. The molecule has 1 atom stereocenters. The second-order valence-electron chi connectivity index (χ2n) is 2.83. The van der Waals surface area contributed by atoms with Crippen molar-refractivity contribution in [2.24, 2.45) is 0 Å². The largest absolute Gasteiger partial charge is 0.167 e. The fraction of sp³-hybridized carbons (Fsp3) is 0.667. The van der Waals surface area contributed by atoms with Gasteiger partial charge < -0.3 is 0 Å². The van der Waals surface area contributed by atoms with E-state index in [2.05, 4.69) is 25.2 Å². The van der Waals surface area contributed by atoms with Crippen LogP contribution in [0.5, 0.6) is 0 Å². The van der Waals surface area contributed by atoms with Crippen molar-refractivity contribution in [3.05, 3.63) is 12.2 Å². The highest BCUT2D eigenvalue weighted by Gasteiger charge is 2.29. The number of hydrogen-bond donors (Lipinski definition) is 0. The summed E-state index contributed by atoms with van der Waals surface area (Å²) in [6.07, 6.45) is 5.66. The summed E-state index contributed by atoms with van der Waals surface area (Å²) in [7, 11) is -1.29. The highest BCUT2D eigenvalue weighted by atomic mass is 35.6. The molecule has 0 saturated heterocycles. The van der Waals surface area contributed by atoms with Gasteiger partial charge in [0.1, 0.15) is 0 Å². The first-order valence-electron chi connectivity index (χ1n) is 2.96. The third-order valence-corrected chi connectivity index (χ3v) is 4.67. The highest BCUT2D eigenvalue weighted by Crippen LogP contribution is 2.36. The molecule has 8 heavy (non-hydrogen) atoms. The van der Waals surface area contributed by atoms with Gasteiger partial charge >= 0.3 is 0 Å². The van der Waals surface area contributed by atoms with Gasteiger partial charge in [0.05, 0.1) is 0 Å². The maximum Gasteiger partial charge on any atom is 0.157 e. The first kappa shape index (κ1) is 6.37. The molecule has 1 aliphatic carbocycles. The lowest BCUT2D eigenvalue weighted by Crippen LogP contribution is -2.26. The maximum atomic E-state index is 6.12. The normalized spacial score (nSPS) is 27.6. The van der Waals surface area contributed by atoms with E-state index in [0.717, 1.165) is 5.54 Å². The average Bonchev–Trinajstić information content (AvgIpc) is 1.16. The molecule has 1 unspecified atom stereocenters.